The summed E-state index contributed by atoms with van der Waals surface area (Å²) < 4.78 is 1.99. The first-order chi connectivity index (χ1) is 12.5. The predicted octanol–water partition coefficient (Wildman–Crippen LogP) is 3.08. The standard InChI is InChI=1S/C21H30N4O/c1-5-8-18-20(21(26)24-13-11-23(4)12-14-24)19(6-2)25(22-18)17-10-7-9-16(3)15-17/h7,9-10,15H,5-6,8,11-14H2,1-4H3. The van der Waals surface area contributed by atoms with Gasteiger partial charge in [0, 0.05) is 26.2 Å². The number of benzene rings is 1. The Hall–Kier alpha value is -2.14. The molecule has 1 aromatic carbocycles. The summed E-state index contributed by atoms with van der Waals surface area (Å²) in [6, 6.07) is 8.33. The zero-order valence-electron chi connectivity index (χ0n) is 16.5. The molecule has 1 amide bonds. The molecule has 26 heavy (non-hydrogen) atoms. The molecule has 0 atom stereocenters. The number of piperazine rings is 1. The first-order valence-electron chi connectivity index (χ1n) is 9.70. The van der Waals surface area contributed by atoms with Crippen LogP contribution >= 0.6 is 0 Å². The van der Waals surface area contributed by atoms with Crippen molar-refractivity contribution in [1.82, 2.24) is 19.6 Å². The van der Waals surface area contributed by atoms with Crippen LogP contribution in [0.5, 0.6) is 0 Å². The average Bonchev–Trinajstić information content (AvgIpc) is 3.00. The number of carbonyl (C=O) groups excluding carboxylic acids is 1. The average molecular weight is 354 g/mol. The molecule has 0 spiro atoms. The quantitative estimate of drug-likeness (QED) is 0.829. The van der Waals surface area contributed by atoms with Crippen LogP contribution in [-0.4, -0.2) is 58.7 Å². The maximum atomic E-state index is 13.3. The highest BCUT2D eigenvalue weighted by Gasteiger charge is 2.28. The number of aromatic nitrogens is 2. The number of carbonyl (C=O) groups is 1. The molecular formula is C21H30N4O. The Balaban J connectivity index is 2.04. The van der Waals surface area contributed by atoms with Crippen LogP contribution in [0.15, 0.2) is 24.3 Å². The number of hydrogen-bond donors (Lipinski definition) is 0. The highest BCUT2D eigenvalue weighted by Crippen LogP contribution is 2.24. The van der Waals surface area contributed by atoms with Gasteiger partial charge in [-0.15, -0.1) is 0 Å². The molecule has 140 valence electrons. The Morgan fingerprint density at radius 2 is 1.88 bits per heavy atom. The molecule has 0 saturated carbocycles. The zero-order chi connectivity index (χ0) is 18.7. The third-order valence-electron chi connectivity index (χ3n) is 5.13. The predicted molar refractivity (Wildman–Crippen MR) is 105 cm³/mol. The van der Waals surface area contributed by atoms with Gasteiger partial charge in [-0.05, 0) is 44.5 Å². The molecule has 0 unspecified atom stereocenters. The van der Waals surface area contributed by atoms with Crippen molar-refractivity contribution >= 4 is 5.91 Å². The third kappa shape index (κ3) is 3.68. The van der Waals surface area contributed by atoms with Gasteiger partial charge in [0.2, 0.25) is 0 Å². The molecule has 2 aromatic rings. The van der Waals surface area contributed by atoms with Gasteiger partial charge in [0.1, 0.15) is 0 Å². The van der Waals surface area contributed by atoms with E-state index < -0.39 is 0 Å². The fraction of sp³-hybridized carbons (Fsp3) is 0.524. The van der Waals surface area contributed by atoms with Crippen LogP contribution in [0.2, 0.25) is 0 Å². The van der Waals surface area contributed by atoms with Gasteiger partial charge < -0.3 is 9.80 Å². The molecule has 5 heteroatoms. The lowest BCUT2D eigenvalue weighted by Gasteiger charge is -2.32. The van der Waals surface area contributed by atoms with Crippen LogP contribution in [0, 0.1) is 6.92 Å². The lowest BCUT2D eigenvalue weighted by Crippen LogP contribution is -2.47. The van der Waals surface area contributed by atoms with Gasteiger partial charge in [0.25, 0.3) is 5.91 Å². The second-order valence-corrected chi connectivity index (χ2v) is 7.22. The lowest BCUT2D eigenvalue weighted by atomic mass is 10.1. The van der Waals surface area contributed by atoms with Gasteiger partial charge in [-0.1, -0.05) is 32.4 Å². The highest BCUT2D eigenvalue weighted by molar-refractivity contribution is 5.97. The summed E-state index contributed by atoms with van der Waals surface area (Å²) >= 11 is 0. The molecule has 3 rings (SSSR count). The Morgan fingerprint density at radius 3 is 2.50 bits per heavy atom. The van der Waals surface area contributed by atoms with E-state index in [4.69, 9.17) is 5.10 Å². The number of aryl methyl sites for hydroxylation is 2. The summed E-state index contributed by atoms with van der Waals surface area (Å²) in [7, 11) is 2.11. The van der Waals surface area contributed by atoms with Crippen LogP contribution in [0.4, 0.5) is 0 Å². The molecule has 1 aliphatic heterocycles. The number of likely N-dealkylation sites (N-methyl/N-ethyl adjacent to an activating group) is 1. The minimum Gasteiger partial charge on any atom is -0.336 e. The monoisotopic (exact) mass is 354 g/mol. The van der Waals surface area contributed by atoms with Crippen molar-refractivity contribution in [3.63, 3.8) is 0 Å². The van der Waals surface area contributed by atoms with Gasteiger partial charge in [-0.3, -0.25) is 4.79 Å². The Labute approximate surface area is 156 Å². The van der Waals surface area contributed by atoms with Gasteiger partial charge in [-0.2, -0.15) is 5.10 Å². The van der Waals surface area contributed by atoms with E-state index in [1.165, 1.54) is 5.56 Å². The van der Waals surface area contributed by atoms with Crippen LogP contribution in [-0.2, 0) is 12.8 Å². The first kappa shape index (κ1) is 18.6. The Bertz CT molecular complexity index is 772. The summed E-state index contributed by atoms with van der Waals surface area (Å²) in [6.45, 7) is 9.78. The first-order valence-corrected chi connectivity index (χ1v) is 9.70. The smallest absolute Gasteiger partial charge is 0.257 e. The van der Waals surface area contributed by atoms with Gasteiger partial charge >= 0.3 is 0 Å². The fourth-order valence-electron chi connectivity index (χ4n) is 3.63. The molecule has 1 aromatic heterocycles. The van der Waals surface area contributed by atoms with Crippen LogP contribution in [0.3, 0.4) is 0 Å². The van der Waals surface area contributed by atoms with E-state index in [1.807, 2.05) is 15.6 Å². The number of amides is 1. The largest absolute Gasteiger partial charge is 0.336 e. The molecule has 1 fully saturated rings. The minimum absolute atomic E-state index is 0.150. The van der Waals surface area contributed by atoms with Gasteiger partial charge in [0.15, 0.2) is 0 Å². The third-order valence-corrected chi connectivity index (χ3v) is 5.13. The summed E-state index contributed by atoms with van der Waals surface area (Å²) in [5.41, 5.74) is 5.04. The van der Waals surface area contributed by atoms with E-state index in [2.05, 4.69) is 50.9 Å². The van der Waals surface area contributed by atoms with Crippen molar-refractivity contribution in [2.75, 3.05) is 33.2 Å². The van der Waals surface area contributed by atoms with Gasteiger partial charge in [0.05, 0.1) is 22.6 Å². The minimum atomic E-state index is 0.150. The van der Waals surface area contributed by atoms with Crippen molar-refractivity contribution in [2.45, 2.75) is 40.0 Å². The second-order valence-electron chi connectivity index (χ2n) is 7.22. The summed E-state index contributed by atoms with van der Waals surface area (Å²) in [6.07, 6.45) is 2.61. The van der Waals surface area contributed by atoms with Crippen LogP contribution in [0.1, 0.15) is 47.6 Å². The molecule has 0 bridgehead atoms. The van der Waals surface area contributed by atoms with E-state index in [0.29, 0.717) is 0 Å². The lowest BCUT2D eigenvalue weighted by molar-refractivity contribution is 0.0662. The van der Waals surface area contributed by atoms with Crippen LogP contribution < -0.4 is 0 Å². The number of hydrogen-bond acceptors (Lipinski definition) is 3. The molecule has 0 radical (unpaired) electrons. The molecule has 1 saturated heterocycles. The maximum Gasteiger partial charge on any atom is 0.257 e. The zero-order valence-corrected chi connectivity index (χ0v) is 16.5. The van der Waals surface area contributed by atoms with Gasteiger partial charge in [-0.25, -0.2) is 4.68 Å². The molecule has 0 aliphatic carbocycles. The fourth-order valence-corrected chi connectivity index (χ4v) is 3.63. The van der Waals surface area contributed by atoms with Crippen LogP contribution in [0.25, 0.3) is 5.69 Å². The molecule has 5 nitrogen and oxygen atoms in total. The van der Waals surface area contributed by atoms with Crippen molar-refractivity contribution in [1.29, 1.82) is 0 Å². The summed E-state index contributed by atoms with van der Waals surface area (Å²) in [5, 5.41) is 4.87. The molecule has 2 heterocycles. The highest BCUT2D eigenvalue weighted by atomic mass is 16.2. The SMILES string of the molecule is CCCc1nn(-c2cccc(C)c2)c(CC)c1C(=O)N1CCN(C)CC1. The number of nitrogens with zero attached hydrogens (tertiary/aromatic N) is 4. The molecule has 0 N–H and O–H groups in total. The number of rotatable bonds is 5. The molecule has 1 aliphatic rings. The van der Waals surface area contributed by atoms with E-state index in [9.17, 15) is 4.79 Å². The second kappa shape index (κ2) is 8.04. The van der Waals surface area contributed by atoms with E-state index in [-0.39, 0.29) is 5.91 Å². The Morgan fingerprint density at radius 1 is 1.15 bits per heavy atom. The summed E-state index contributed by atoms with van der Waals surface area (Å²) in [5.74, 6) is 0.150. The normalized spacial score (nSPS) is 15.5. The van der Waals surface area contributed by atoms with E-state index in [0.717, 1.165) is 68.1 Å². The summed E-state index contributed by atoms with van der Waals surface area (Å²) in [4.78, 5) is 17.6. The van der Waals surface area contributed by atoms with E-state index in [1.54, 1.807) is 0 Å². The van der Waals surface area contributed by atoms with Crippen molar-refractivity contribution in [3.8, 4) is 5.69 Å². The van der Waals surface area contributed by atoms with Crippen molar-refractivity contribution < 1.29 is 4.79 Å². The topological polar surface area (TPSA) is 41.4 Å². The van der Waals surface area contributed by atoms with Crippen molar-refractivity contribution in [3.05, 3.63) is 46.8 Å². The van der Waals surface area contributed by atoms with E-state index >= 15 is 0 Å². The maximum absolute atomic E-state index is 13.3. The van der Waals surface area contributed by atoms with Crippen molar-refractivity contribution in [2.24, 2.45) is 0 Å². The Kier molecular flexibility index (Phi) is 5.77. The molecular weight excluding hydrogens is 324 g/mol.